The van der Waals surface area contributed by atoms with Crippen LogP contribution in [0, 0.1) is 0 Å². The zero-order valence-corrected chi connectivity index (χ0v) is 8.41. The van der Waals surface area contributed by atoms with Gasteiger partial charge < -0.3 is 4.74 Å². The number of rotatable bonds is 3. The molecule has 0 atom stereocenters. The summed E-state index contributed by atoms with van der Waals surface area (Å²) in [5, 5.41) is 0. The van der Waals surface area contributed by atoms with E-state index in [1.54, 1.807) is 6.08 Å². The van der Waals surface area contributed by atoms with E-state index < -0.39 is 10.1 Å². The van der Waals surface area contributed by atoms with Crippen molar-refractivity contribution in [3.8, 4) is 5.75 Å². The highest BCUT2D eigenvalue weighted by molar-refractivity contribution is 7.86. The molecule has 0 radical (unpaired) electrons. The molecular formula is C9H10O4S. The van der Waals surface area contributed by atoms with Crippen LogP contribution >= 0.6 is 0 Å². The van der Waals surface area contributed by atoms with Crippen molar-refractivity contribution in [2.45, 2.75) is 4.90 Å². The summed E-state index contributed by atoms with van der Waals surface area (Å²) in [7, 11) is -2.90. The van der Waals surface area contributed by atoms with Gasteiger partial charge in [0.2, 0.25) is 0 Å². The molecule has 0 bridgehead atoms. The lowest BCUT2D eigenvalue weighted by atomic mass is 10.2. The average Bonchev–Trinajstić information content (AvgIpc) is 2.15. The zero-order valence-electron chi connectivity index (χ0n) is 7.60. The Morgan fingerprint density at radius 3 is 2.57 bits per heavy atom. The molecule has 5 heteroatoms. The lowest BCUT2D eigenvalue weighted by molar-refractivity contribution is 0.397. The topological polar surface area (TPSA) is 63.6 Å². The van der Waals surface area contributed by atoms with Crippen LogP contribution in [0.1, 0.15) is 5.56 Å². The van der Waals surface area contributed by atoms with E-state index in [0.29, 0.717) is 5.56 Å². The maximum absolute atomic E-state index is 10.9. The van der Waals surface area contributed by atoms with Gasteiger partial charge in [-0.2, -0.15) is 8.42 Å². The standard InChI is InChI=1S/C9H10O4S/c1-3-7-4-5-9(14(10,11)12)8(6-7)13-2/h3-6H,1H2,2H3,(H,10,11,12). The molecule has 0 heterocycles. The van der Waals surface area contributed by atoms with E-state index in [0.717, 1.165) is 0 Å². The maximum atomic E-state index is 10.9. The first-order chi connectivity index (χ1) is 6.49. The molecular weight excluding hydrogens is 204 g/mol. The highest BCUT2D eigenvalue weighted by atomic mass is 32.2. The molecule has 1 rings (SSSR count). The third-order valence-electron chi connectivity index (χ3n) is 1.70. The normalized spacial score (nSPS) is 11.0. The number of hydrogen-bond acceptors (Lipinski definition) is 3. The molecule has 1 aromatic carbocycles. The van der Waals surface area contributed by atoms with E-state index in [4.69, 9.17) is 9.29 Å². The summed E-state index contributed by atoms with van der Waals surface area (Å²) in [5.74, 6) is 0.102. The van der Waals surface area contributed by atoms with Gasteiger partial charge in [0.05, 0.1) is 7.11 Å². The van der Waals surface area contributed by atoms with Gasteiger partial charge >= 0.3 is 0 Å². The third-order valence-corrected chi connectivity index (χ3v) is 2.59. The molecule has 0 unspecified atom stereocenters. The minimum absolute atomic E-state index is 0.102. The Morgan fingerprint density at radius 1 is 1.50 bits per heavy atom. The first-order valence-corrected chi connectivity index (χ1v) is 5.21. The number of hydrogen-bond donors (Lipinski definition) is 1. The summed E-state index contributed by atoms with van der Waals surface area (Å²) in [6.45, 7) is 3.53. The summed E-state index contributed by atoms with van der Waals surface area (Å²) < 4.78 is 35.4. The molecule has 0 saturated heterocycles. The second-order valence-electron chi connectivity index (χ2n) is 2.59. The molecule has 0 amide bonds. The molecule has 0 spiro atoms. The van der Waals surface area contributed by atoms with Gasteiger partial charge in [-0.1, -0.05) is 18.7 Å². The largest absolute Gasteiger partial charge is 0.495 e. The Balaban J connectivity index is 3.40. The van der Waals surface area contributed by atoms with Crippen molar-refractivity contribution in [2.24, 2.45) is 0 Å². The van der Waals surface area contributed by atoms with E-state index in [9.17, 15) is 8.42 Å². The molecule has 0 fully saturated rings. The summed E-state index contributed by atoms with van der Waals surface area (Å²) in [6.07, 6.45) is 1.55. The van der Waals surface area contributed by atoms with Crippen LogP contribution in [-0.2, 0) is 10.1 Å². The van der Waals surface area contributed by atoms with Gasteiger partial charge in [0.15, 0.2) is 0 Å². The number of ether oxygens (including phenoxy) is 1. The van der Waals surface area contributed by atoms with Gasteiger partial charge in [0, 0.05) is 0 Å². The fourth-order valence-corrected chi connectivity index (χ4v) is 1.66. The van der Waals surface area contributed by atoms with Crippen LogP contribution in [-0.4, -0.2) is 20.1 Å². The van der Waals surface area contributed by atoms with Crippen molar-refractivity contribution >= 4 is 16.2 Å². The number of methoxy groups -OCH3 is 1. The molecule has 4 nitrogen and oxygen atoms in total. The van der Waals surface area contributed by atoms with Crippen molar-refractivity contribution in [2.75, 3.05) is 7.11 Å². The van der Waals surface area contributed by atoms with Gasteiger partial charge in [-0.15, -0.1) is 0 Å². The molecule has 1 aromatic rings. The lowest BCUT2D eigenvalue weighted by Crippen LogP contribution is -2.01. The second-order valence-corrected chi connectivity index (χ2v) is 3.98. The average molecular weight is 214 g/mol. The van der Waals surface area contributed by atoms with E-state index in [2.05, 4.69) is 6.58 Å². The third kappa shape index (κ3) is 2.12. The summed E-state index contributed by atoms with van der Waals surface area (Å²) in [6, 6.07) is 4.28. The fourth-order valence-electron chi connectivity index (χ4n) is 1.02. The van der Waals surface area contributed by atoms with Gasteiger partial charge in [-0.25, -0.2) is 0 Å². The Labute approximate surface area is 82.6 Å². The minimum atomic E-state index is -4.23. The van der Waals surface area contributed by atoms with Crippen molar-refractivity contribution in [1.29, 1.82) is 0 Å². The minimum Gasteiger partial charge on any atom is -0.495 e. The van der Waals surface area contributed by atoms with Gasteiger partial charge in [0.25, 0.3) is 10.1 Å². The smallest absolute Gasteiger partial charge is 0.298 e. The Morgan fingerprint density at radius 2 is 2.14 bits per heavy atom. The molecule has 76 valence electrons. The summed E-state index contributed by atoms with van der Waals surface area (Å²) >= 11 is 0. The highest BCUT2D eigenvalue weighted by Gasteiger charge is 2.15. The van der Waals surface area contributed by atoms with E-state index in [1.807, 2.05) is 0 Å². The predicted octanol–water partition coefficient (Wildman–Crippen LogP) is 1.58. The lowest BCUT2D eigenvalue weighted by Gasteiger charge is -2.06. The monoisotopic (exact) mass is 214 g/mol. The van der Waals surface area contributed by atoms with Crippen LogP contribution in [0.3, 0.4) is 0 Å². The van der Waals surface area contributed by atoms with Crippen molar-refractivity contribution in [3.63, 3.8) is 0 Å². The van der Waals surface area contributed by atoms with Gasteiger partial charge in [-0.3, -0.25) is 4.55 Å². The second kappa shape index (κ2) is 3.81. The van der Waals surface area contributed by atoms with Crippen LogP contribution < -0.4 is 4.74 Å². The van der Waals surface area contributed by atoms with Gasteiger partial charge in [0.1, 0.15) is 10.6 Å². The van der Waals surface area contributed by atoms with Crippen molar-refractivity contribution < 1.29 is 17.7 Å². The predicted molar refractivity (Wildman–Crippen MR) is 52.9 cm³/mol. The van der Waals surface area contributed by atoms with E-state index in [-0.39, 0.29) is 10.6 Å². The molecule has 0 aliphatic heterocycles. The molecule has 14 heavy (non-hydrogen) atoms. The van der Waals surface area contributed by atoms with E-state index >= 15 is 0 Å². The van der Waals surface area contributed by atoms with Gasteiger partial charge in [-0.05, 0) is 17.7 Å². The molecule has 0 saturated carbocycles. The Hall–Kier alpha value is -1.33. The highest BCUT2D eigenvalue weighted by Crippen LogP contribution is 2.24. The number of benzene rings is 1. The van der Waals surface area contributed by atoms with Crippen LogP contribution in [0.2, 0.25) is 0 Å². The first kappa shape index (κ1) is 10.7. The quantitative estimate of drug-likeness (QED) is 0.776. The van der Waals surface area contributed by atoms with Crippen LogP contribution in [0.4, 0.5) is 0 Å². The fraction of sp³-hybridized carbons (Fsp3) is 0.111. The van der Waals surface area contributed by atoms with Crippen molar-refractivity contribution in [1.82, 2.24) is 0 Å². The zero-order chi connectivity index (χ0) is 10.8. The van der Waals surface area contributed by atoms with Crippen LogP contribution in [0.15, 0.2) is 29.7 Å². The maximum Gasteiger partial charge on any atom is 0.298 e. The van der Waals surface area contributed by atoms with Crippen LogP contribution in [0.25, 0.3) is 6.08 Å². The summed E-state index contributed by atoms with van der Waals surface area (Å²) in [5.41, 5.74) is 0.717. The van der Waals surface area contributed by atoms with E-state index in [1.165, 1.54) is 25.3 Å². The first-order valence-electron chi connectivity index (χ1n) is 3.77. The summed E-state index contributed by atoms with van der Waals surface area (Å²) in [4.78, 5) is -0.245. The Kier molecular flexibility index (Phi) is 2.93. The molecule has 0 aliphatic carbocycles. The SMILES string of the molecule is C=Cc1ccc(S(=O)(=O)O)c(OC)c1. The Bertz CT molecular complexity index is 448. The molecule has 1 N–H and O–H groups in total. The van der Waals surface area contributed by atoms with Crippen molar-refractivity contribution in [3.05, 3.63) is 30.3 Å². The van der Waals surface area contributed by atoms with Crippen LogP contribution in [0.5, 0.6) is 5.75 Å². The molecule has 0 aliphatic rings. The molecule has 0 aromatic heterocycles.